The second kappa shape index (κ2) is 9.15. The molecule has 0 aliphatic heterocycles. The quantitative estimate of drug-likeness (QED) is 0.335. The van der Waals surface area contributed by atoms with E-state index in [9.17, 15) is 28.4 Å². The van der Waals surface area contributed by atoms with Crippen LogP contribution in [-0.2, 0) is 4.79 Å². The molecule has 2 heterocycles. The molecule has 40 heavy (non-hydrogen) atoms. The Morgan fingerprint density at radius 3 is 2.30 bits per heavy atom. The van der Waals surface area contributed by atoms with E-state index in [0.717, 1.165) is 11.1 Å². The molecule has 6 rings (SSSR count). The van der Waals surface area contributed by atoms with Gasteiger partial charge in [-0.15, -0.1) is 0 Å². The van der Waals surface area contributed by atoms with E-state index in [1.54, 1.807) is 24.3 Å². The summed E-state index contributed by atoms with van der Waals surface area (Å²) in [6, 6.07) is 16.2. The number of aromatic nitrogens is 3. The Labute approximate surface area is 226 Å². The van der Waals surface area contributed by atoms with Gasteiger partial charge in [0, 0.05) is 18.2 Å². The maximum absolute atomic E-state index is 14.0. The lowest BCUT2D eigenvalue weighted by Crippen LogP contribution is -2.62. The van der Waals surface area contributed by atoms with Crippen molar-refractivity contribution in [3.05, 3.63) is 71.1 Å². The Morgan fingerprint density at radius 2 is 1.68 bits per heavy atom. The lowest BCUT2D eigenvalue weighted by atomic mass is 9.78. The van der Waals surface area contributed by atoms with Crippen molar-refractivity contribution in [2.45, 2.75) is 55.5 Å². The van der Waals surface area contributed by atoms with Gasteiger partial charge in [0.2, 0.25) is 11.8 Å². The summed E-state index contributed by atoms with van der Waals surface area (Å²) in [4.78, 5) is 38.3. The van der Waals surface area contributed by atoms with Crippen molar-refractivity contribution < 1.29 is 22.8 Å². The third-order valence-electron chi connectivity index (χ3n) is 7.71. The number of hydrogen-bond donors (Lipinski definition) is 3. The zero-order chi connectivity index (χ0) is 28.1. The van der Waals surface area contributed by atoms with Gasteiger partial charge in [-0.05, 0) is 61.1 Å². The van der Waals surface area contributed by atoms with E-state index < -0.39 is 41.7 Å². The summed E-state index contributed by atoms with van der Waals surface area (Å²) in [6.07, 6.45) is 0.709. The number of nitrogens with one attached hydrogen (secondary N) is 3. The second-order valence-corrected chi connectivity index (χ2v) is 10.5. The van der Waals surface area contributed by atoms with Gasteiger partial charge in [-0.25, -0.2) is 23.2 Å². The standard InChI is InChI=1S/C28H24F2N6O4/c29-28(30)11-9-27(10-12-28,24(38)34-26(15-31)7-8-26)33-23(37)22-14-19-2-1-18(13-21(19)40-22)17-3-5-20(6-4-17)36-16-32-35-25(36)39/h1-6,13-14,16H,7-12H2,(H,33,37)(H,34,38)(H,35,39). The average Bonchev–Trinajstić information content (AvgIpc) is 3.36. The van der Waals surface area contributed by atoms with Gasteiger partial charge in [0.25, 0.3) is 5.91 Å². The van der Waals surface area contributed by atoms with Gasteiger partial charge in [-0.1, -0.05) is 24.3 Å². The van der Waals surface area contributed by atoms with Crippen LogP contribution in [0.4, 0.5) is 8.78 Å². The summed E-state index contributed by atoms with van der Waals surface area (Å²) in [5.41, 5.74) is -0.222. The Kier molecular flexibility index (Phi) is 5.83. The highest BCUT2D eigenvalue weighted by molar-refractivity contribution is 6.00. The topological polar surface area (TPSA) is 146 Å². The molecule has 2 aromatic carbocycles. The van der Waals surface area contributed by atoms with Gasteiger partial charge < -0.3 is 15.1 Å². The molecule has 10 nitrogen and oxygen atoms in total. The number of nitriles is 1. The van der Waals surface area contributed by atoms with Crippen LogP contribution in [0, 0.1) is 11.3 Å². The molecule has 4 aromatic rings. The summed E-state index contributed by atoms with van der Waals surface area (Å²) in [5, 5.41) is 21.4. The number of halogens is 2. The number of amides is 2. The number of rotatable bonds is 6. The molecule has 2 fully saturated rings. The lowest BCUT2D eigenvalue weighted by Gasteiger charge is -2.39. The normalized spacial score (nSPS) is 18.5. The molecule has 12 heteroatoms. The fourth-order valence-electron chi connectivity index (χ4n) is 5.03. The summed E-state index contributed by atoms with van der Waals surface area (Å²) in [5.74, 6) is -4.32. The zero-order valence-corrected chi connectivity index (χ0v) is 21.2. The maximum Gasteiger partial charge on any atom is 0.347 e. The molecule has 2 aliphatic rings. The minimum atomic E-state index is -2.93. The van der Waals surface area contributed by atoms with Crippen LogP contribution in [0.25, 0.3) is 27.8 Å². The minimum Gasteiger partial charge on any atom is -0.451 e. The first-order chi connectivity index (χ1) is 19.1. The van der Waals surface area contributed by atoms with Gasteiger partial charge in [0.15, 0.2) is 5.76 Å². The Morgan fingerprint density at radius 1 is 0.975 bits per heavy atom. The molecular formula is C28H24F2N6O4. The van der Waals surface area contributed by atoms with Crippen molar-refractivity contribution in [2.24, 2.45) is 0 Å². The van der Waals surface area contributed by atoms with E-state index in [1.807, 2.05) is 18.2 Å². The van der Waals surface area contributed by atoms with E-state index >= 15 is 0 Å². The van der Waals surface area contributed by atoms with Crippen LogP contribution in [0.1, 0.15) is 49.1 Å². The van der Waals surface area contributed by atoms with Crippen LogP contribution in [0.2, 0.25) is 0 Å². The van der Waals surface area contributed by atoms with Crippen LogP contribution in [-0.4, -0.2) is 43.6 Å². The van der Waals surface area contributed by atoms with Crippen molar-refractivity contribution in [2.75, 3.05) is 0 Å². The van der Waals surface area contributed by atoms with E-state index in [2.05, 4.69) is 26.9 Å². The summed E-state index contributed by atoms with van der Waals surface area (Å²) in [7, 11) is 0. The molecule has 204 valence electrons. The van der Waals surface area contributed by atoms with Gasteiger partial charge in [-0.3, -0.25) is 9.59 Å². The lowest BCUT2D eigenvalue weighted by molar-refractivity contribution is -0.133. The molecule has 0 spiro atoms. The molecule has 0 unspecified atom stereocenters. The third-order valence-corrected chi connectivity index (χ3v) is 7.71. The van der Waals surface area contributed by atoms with Crippen molar-refractivity contribution in [3.63, 3.8) is 0 Å². The number of hydrogen-bond acceptors (Lipinski definition) is 6. The fourth-order valence-corrected chi connectivity index (χ4v) is 5.03. The Balaban J connectivity index is 1.24. The van der Waals surface area contributed by atoms with Gasteiger partial charge >= 0.3 is 5.69 Å². The van der Waals surface area contributed by atoms with Crippen LogP contribution in [0.15, 0.2) is 64.1 Å². The summed E-state index contributed by atoms with van der Waals surface area (Å²) >= 11 is 0. The van der Waals surface area contributed by atoms with Gasteiger partial charge in [0.1, 0.15) is 23.0 Å². The number of nitrogens with zero attached hydrogens (tertiary/aromatic N) is 3. The molecule has 0 atom stereocenters. The largest absolute Gasteiger partial charge is 0.451 e. The van der Waals surface area contributed by atoms with Crippen molar-refractivity contribution in [1.29, 1.82) is 5.26 Å². The number of aromatic amines is 1. The number of benzene rings is 2. The number of furan rings is 1. The highest BCUT2D eigenvalue weighted by atomic mass is 19.3. The van der Waals surface area contributed by atoms with Crippen molar-refractivity contribution in [3.8, 4) is 22.9 Å². The average molecular weight is 547 g/mol. The van der Waals surface area contributed by atoms with E-state index in [1.165, 1.54) is 17.0 Å². The smallest absolute Gasteiger partial charge is 0.347 e. The second-order valence-electron chi connectivity index (χ2n) is 10.5. The molecule has 0 radical (unpaired) electrons. The molecule has 2 aliphatic carbocycles. The Hall–Kier alpha value is -4.79. The van der Waals surface area contributed by atoms with E-state index in [-0.39, 0.29) is 24.3 Å². The Bertz CT molecular complexity index is 1720. The minimum absolute atomic E-state index is 0.0623. The molecule has 3 N–H and O–H groups in total. The van der Waals surface area contributed by atoms with Crippen molar-refractivity contribution >= 4 is 22.8 Å². The molecule has 2 saturated carbocycles. The predicted octanol–water partition coefficient (Wildman–Crippen LogP) is 3.82. The van der Waals surface area contributed by atoms with Crippen LogP contribution < -0.4 is 16.3 Å². The van der Waals surface area contributed by atoms with E-state index in [0.29, 0.717) is 29.5 Å². The fraction of sp³-hybridized carbons (Fsp3) is 0.321. The SMILES string of the molecule is N#CC1(NC(=O)C2(NC(=O)c3cc4ccc(-c5ccc(-n6cn[nH]c6=O)cc5)cc4o3)CCC(F)(F)CC2)CC1. The highest BCUT2D eigenvalue weighted by Gasteiger charge is 2.53. The molecule has 2 aromatic heterocycles. The van der Waals surface area contributed by atoms with Crippen LogP contribution in [0.5, 0.6) is 0 Å². The number of H-pyrrole nitrogens is 1. The van der Waals surface area contributed by atoms with E-state index in [4.69, 9.17) is 4.42 Å². The number of fused-ring (bicyclic) bond motifs is 1. The molecule has 0 saturated heterocycles. The zero-order valence-electron chi connectivity index (χ0n) is 21.2. The van der Waals surface area contributed by atoms with Gasteiger partial charge in [-0.2, -0.15) is 10.4 Å². The molecule has 2 amide bonds. The molecule has 0 bridgehead atoms. The first kappa shape index (κ1) is 25.5. The first-order valence-corrected chi connectivity index (χ1v) is 12.8. The molecular weight excluding hydrogens is 522 g/mol. The highest BCUT2D eigenvalue weighted by Crippen LogP contribution is 2.41. The maximum atomic E-state index is 14.0. The number of alkyl halides is 2. The van der Waals surface area contributed by atoms with Crippen molar-refractivity contribution in [1.82, 2.24) is 25.4 Å². The predicted molar refractivity (Wildman–Crippen MR) is 139 cm³/mol. The van der Waals surface area contributed by atoms with Gasteiger partial charge in [0.05, 0.1) is 11.8 Å². The first-order valence-electron chi connectivity index (χ1n) is 12.8. The number of carbonyl (C=O) groups excluding carboxylic acids is 2. The summed E-state index contributed by atoms with van der Waals surface area (Å²) < 4.78 is 35.2. The van der Waals surface area contributed by atoms with Crippen LogP contribution in [0.3, 0.4) is 0 Å². The van der Waals surface area contributed by atoms with Crippen LogP contribution >= 0.6 is 0 Å². The monoisotopic (exact) mass is 546 g/mol. The third kappa shape index (κ3) is 4.64. The summed E-state index contributed by atoms with van der Waals surface area (Å²) in [6.45, 7) is 0. The number of carbonyl (C=O) groups is 2.